The lowest BCUT2D eigenvalue weighted by molar-refractivity contribution is 0.0712. The first-order valence-corrected chi connectivity index (χ1v) is 16.3. The van der Waals surface area contributed by atoms with E-state index < -0.39 is 0 Å². The number of benzene rings is 3. The summed E-state index contributed by atoms with van der Waals surface area (Å²) in [6.45, 7) is 17.3. The van der Waals surface area contributed by atoms with E-state index in [2.05, 4.69) is 129 Å². The number of carbonyl (C=O) groups is 1. The van der Waals surface area contributed by atoms with Gasteiger partial charge >= 0.3 is 0 Å². The Labute approximate surface area is 264 Å². The molecule has 5 nitrogen and oxygen atoms in total. The normalized spacial score (nSPS) is 16.2. The van der Waals surface area contributed by atoms with Crippen LogP contribution in [0.1, 0.15) is 67.3 Å². The Hall–Kier alpha value is -3.54. The number of Topliss-reactive ketones (excluding diaryl/α,β-unsaturated/α-hetero) is 1. The molecule has 0 radical (unpaired) electrons. The highest BCUT2D eigenvalue weighted by Crippen LogP contribution is 2.42. The van der Waals surface area contributed by atoms with Gasteiger partial charge in [0.15, 0.2) is 5.78 Å². The number of imidazole rings is 1. The number of likely N-dealkylation sites (N-methyl/N-ethyl adjacent to an activating group) is 1. The first-order chi connectivity index (χ1) is 21.1. The second-order valence-electron chi connectivity index (χ2n) is 14.0. The molecule has 1 saturated heterocycles. The van der Waals surface area contributed by atoms with Crippen LogP contribution in [0.5, 0.6) is 0 Å². The molecule has 0 bridgehead atoms. The van der Waals surface area contributed by atoms with Gasteiger partial charge in [-0.05, 0) is 37.3 Å². The van der Waals surface area contributed by atoms with Gasteiger partial charge in [-0.3, -0.25) is 4.79 Å². The third-order valence-electron chi connectivity index (χ3n) is 9.22. The van der Waals surface area contributed by atoms with E-state index in [1.54, 1.807) is 0 Å². The van der Waals surface area contributed by atoms with Crippen molar-refractivity contribution >= 4 is 5.78 Å². The maximum atomic E-state index is 14.7. The molecule has 0 amide bonds. The predicted molar refractivity (Wildman–Crippen MR) is 182 cm³/mol. The van der Waals surface area contributed by atoms with Crippen molar-refractivity contribution in [2.45, 2.75) is 53.5 Å². The lowest BCUT2D eigenvalue weighted by Gasteiger charge is -2.40. The smallest absolute Gasteiger partial charge is 0.166 e. The van der Waals surface area contributed by atoms with Crippen LogP contribution in [0, 0.1) is 24.2 Å². The van der Waals surface area contributed by atoms with E-state index in [0.29, 0.717) is 0 Å². The fourth-order valence-electron chi connectivity index (χ4n) is 6.88. The van der Waals surface area contributed by atoms with Crippen LogP contribution in [0.25, 0.3) is 11.3 Å². The highest BCUT2D eigenvalue weighted by Gasteiger charge is 2.40. The van der Waals surface area contributed by atoms with Crippen LogP contribution >= 0.6 is 0 Å². The van der Waals surface area contributed by atoms with Gasteiger partial charge < -0.3 is 14.4 Å². The summed E-state index contributed by atoms with van der Waals surface area (Å²) >= 11 is 0. The van der Waals surface area contributed by atoms with Crippen molar-refractivity contribution in [2.75, 3.05) is 39.8 Å². The molecule has 0 aliphatic carbocycles. The molecule has 3 aromatic carbocycles. The summed E-state index contributed by atoms with van der Waals surface area (Å²) in [5.41, 5.74) is 5.20. The first kappa shape index (κ1) is 31.9. The predicted octanol–water partition coefficient (Wildman–Crippen LogP) is 7.81. The Kier molecular flexibility index (Phi) is 10.2. The lowest BCUT2D eigenvalue weighted by Crippen LogP contribution is -2.48. The number of carbonyl (C=O) groups excluding carboxylic acids is 1. The second kappa shape index (κ2) is 14.0. The minimum absolute atomic E-state index is 0.0447. The molecule has 44 heavy (non-hydrogen) atoms. The highest BCUT2D eigenvalue weighted by atomic mass is 16.1. The Balaban J connectivity index is 1.57. The fourth-order valence-corrected chi connectivity index (χ4v) is 6.88. The van der Waals surface area contributed by atoms with Crippen LogP contribution in [0.2, 0.25) is 0 Å². The average Bonchev–Trinajstić information content (AvgIpc) is 3.41. The number of hydrogen-bond donors (Lipinski definition) is 0. The summed E-state index contributed by atoms with van der Waals surface area (Å²) in [7, 11) is 2.20. The molecule has 0 spiro atoms. The monoisotopic (exact) mass is 590 g/mol. The molecule has 1 aromatic heterocycles. The molecule has 5 heteroatoms. The standard InChI is InChI=1S/C39H50N4O/c1-29(2)36(38-40-35(32-15-11-8-12-16-32)27-43(38)26-31-13-9-7-10-14-31)34(37(44)33-19-17-30(3)18-20-33)25-39(4,5)28-42-23-21-41(6)22-24-42/h7-20,27,29,34,36H,21-26,28H2,1-6H3/t34-,36?/m1/s1. The second-order valence-corrected chi connectivity index (χ2v) is 14.0. The third-order valence-corrected chi connectivity index (χ3v) is 9.22. The van der Waals surface area contributed by atoms with E-state index in [0.717, 1.165) is 68.3 Å². The maximum absolute atomic E-state index is 14.7. The number of piperazine rings is 1. The Morgan fingerprint density at radius 1 is 0.864 bits per heavy atom. The summed E-state index contributed by atoms with van der Waals surface area (Å²) in [4.78, 5) is 25.0. The van der Waals surface area contributed by atoms with Crippen molar-refractivity contribution in [3.8, 4) is 11.3 Å². The molecule has 2 atom stereocenters. The molecule has 1 unspecified atom stereocenters. The van der Waals surface area contributed by atoms with E-state index in [4.69, 9.17) is 4.98 Å². The van der Waals surface area contributed by atoms with Gasteiger partial charge in [-0.2, -0.15) is 0 Å². The maximum Gasteiger partial charge on any atom is 0.166 e. The van der Waals surface area contributed by atoms with E-state index in [1.165, 1.54) is 11.1 Å². The number of nitrogens with zero attached hydrogens (tertiary/aromatic N) is 4. The molecule has 4 aromatic rings. The molecule has 1 aliphatic heterocycles. The lowest BCUT2D eigenvalue weighted by atomic mass is 9.70. The fraction of sp³-hybridized carbons (Fsp3) is 0.436. The number of hydrogen-bond acceptors (Lipinski definition) is 4. The molecular weight excluding hydrogens is 540 g/mol. The van der Waals surface area contributed by atoms with Crippen LogP contribution < -0.4 is 0 Å². The Morgan fingerprint density at radius 2 is 1.48 bits per heavy atom. The minimum Gasteiger partial charge on any atom is -0.330 e. The van der Waals surface area contributed by atoms with Crippen LogP contribution in [-0.4, -0.2) is 64.9 Å². The van der Waals surface area contributed by atoms with Gasteiger partial charge in [0.05, 0.1) is 5.69 Å². The van der Waals surface area contributed by atoms with Crippen molar-refractivity contribution in [2.24, 2.45) is 17.3 Å². The van der Waals surface area contributed by atoms with Gasteiger partial charge in [-0.1, -0.05) is 118 Å². The summed E-state index contributed by atoms with van der Waals surface area (Å²) in [5.74, 6) is 1.20. The van der Waals surface area contributed by atoms with E-state index >= 15 is 0 Å². The van der Waals surface area contributed by atoms with Crippen molar-refractivity contribution < 1.29 is 4.79 Å². The SMILES string of the molecule is Cc1ccc(C(=O)[C@H](CC(C)(C)CN2CCN(C)CC2)C(c2nc(-c3ccccc3)cn2Cc2ccccc2)C(C)C)cc1. The highest BCUT2D eigenvalue weighted by molar-refractivity contribution is 5.98. The molecule has 5 rings (SSSR count). The van der Waals surface area contributed by atoms with Crippen molar-refractivity contribution in [3.63, 3.8) is 0 Å². The molecule has 2 heterocycles. The Morgan fingerprint density at radius 3 is 2.09 bits per heavy atom. The summed E-state index contributed by atoms with van der Waals surface area (Å²) in [5, 5.41) is 0. The number of rotatable bonds is 12. The molecule has 0 N–H and O–H groups in total. The van der Waals surface area contributed by atoms with Gasteiger partial charge in [0.25, 0.3) is 0 Å². The third kappa shape index (κ3) is 7.94. The Bertz CT molecular complexity index is 1480. The van der Waals surface area contributed by atoms with Gasteiger partial charge in [0, 0.05) is 68.4 Å². The molecule has 0 saturated carbocycles. The summed E-state index contributed by atoms with van der Waals surface area (Å²) in [6, 6.07) is 29.2. The van der Waals surface area contributed by atoms with Crippen molar-refractivity contribution in [3.05, 3.63) is 114 Å². The molecule has 1 fully saturated rings. The number of aromatic nitrogens is 2. The van der Waals surface area contributed by atoms with Gasteiger partial charge in [0.1, 0.15) is 5.82 Å². The topological polar surface area (TPSA) is 41.4 Å². The van der Waals surface area contributed by atoms with Crippen LogP contribution in [-0.2, 0) is 6.54 Å². The zero-order valence-corrected chi connectivity index (χ0v) is 27.5. The van der Waals surface area contributed by atoms with Gasteiger partial charge in [0.2, 0.25) is 0 Å². The zero-order valence-electron chi connectivity index (χ0n) is 27.5. The zero-order chi connectivity index (χ0) is 31.3. The van der Waals surface area contributed by atoms with Crippen molar-refractivity contribution in [1.82, 2.24) is 19.4 Å². The first-order valence-electron chi connectivity index (χ1n) is 16.3. The van der Waals surface area contributed by atoms with E-state index in [9.17, 15) is 4.79 Å². The quantitative estimate of drug-likeness (QED) is 0.158. The molecular formula is C39H50N4O. The van der Waals surface area contributed by atoms with Crippen LogP contribution in [0.3, 0.4) is 0 Å². The van der Waals surface area contributed by atoms with E-state index in [-0.39, 0.29) is 29.0 Å². The van der Waals surface area contributed by atoms with Gasteiger partial charge in [-0.15, -0.1) is 0 Å². The van der Waals surface area contributed by atoms with E-state index in [1.807, 2.05) is 18.2 Å². The molecule has 1 aliphatic rings. The summed E-state index contributed by atoms with van der Waals surface area (Å²) in [6.07, 6.45) is 2.99. The minimum atomic E-state index is -0.208. The largest absolute Gasteiger partial charge is 0.330 e. The van der Waals surface area contributed by atoms with Gasteiger partial charge in [-0.25, -0.2) is 4.98 Å². The molecule has 232 valence electrons. The van der Waals surface area contributed by atoms with Crippen molar-refractivity contribution in [1.29, 1.82) is 0 Å². The van der Waals surface area contributed by atoms with Crippen LogP contribution in [0.15, 0.2) is 91.1 Å². The number of ketones is 1. The summed E-state index contributed by atoms with van der Waals surface area (Å²) < 4.78 is 2.31. The number of aryl methyl sites for hydroxylation is 1. The average molecular weight is 591 g/mol. The van der Waals surface area contributed by atoms with Crippen LogP contribution in [0.4, 0.5) is 0 Å².